The maximum atomic E-state index is 12.3. The Balaban J connectivity index is 2.28. The highest BCUT2D eigenvalue weighted by atomic mass is 16.1. The molecule has 2 aromatic rings. The Labute approximate surface area is 119 Å². The van der Waals surface area contributed by atoms with Crippen molar-refractivity contribution in [2.24, 2.45) is 5.92 Å². The Kier molecular flexibility index (Phi) is 4.56. The molecule has 0 atom stereocenters. The average Bonchev–Trinajstić information content (AvgIpc) is 2.45. The van der Waals surface area contributed by atoms with Crippen molar-refractivity contribution in [2.75, 3.05) is 18.9 Å². The summed E-state index contributed by atoms with van der Waals surface area (Å²) in [6.45, 7) is 4.98. The average molecular weight is 271 g/mol. The molecular weight excluding hydrogens is 250 g/mol. The van der Waals surface area contributed by atoms with E-state index in [-0.39, 0.29) is 5.91 Å². The van der Waals surface area contributed by atoms with Crippen molar-refractivity contribution in [3.05, 3.63) is 36.0 Å². The van der Waals surface area contributed by atoms with Gasteiger partial charge in [0.15, 0.2) is 0 Å². The van der Waals surface area contributed by atoms with Gasteiger partial charge in [-0.05, 0) is 17.7 Å². The van der Waals surface area contributed by atoms with Gasteiger partial charge in [-0.2, -0.15) is 0 Å². The standard InChI is InChI=1S/C16H21N3O/c1-11(2)8-9-18-16(20)14-10-19-15(17-3)13-7-5-4-6-12(13)14/h4-7,10-11H,8-9H2,1-3H3,(H,17,19)(H,18,20). The third-order valence-corrected chi connectivity index (χ3v) is 3.28. The molecular formula is C16H21N3O. The van der Waals surface area contributed by atoms with Crippen LogP contribution in [0.5, 0.6) is 0 Å². The van der Waals surface area contributed by atoms with Gasteiger partial charge in [-0.25, -0.2) is 4.98 Å². The highest BCUT2D eigenvalue weighted by molar-refractivity contribution is 6.09. The number of hydrogen-bond donors (Lipinski definition) is 2. The van der Waals surface area contributed by atoms with Gasteiger partial charge in [0.2, 0.25) is 0 Å². The van der Waals surface area contributed by atoms with Gasteiger partial charge in [0.1, 0.15) is 5.82 Å². The molecule has 1 amide bonds. The van der Waals surface area contributed by atoms with Crippen molar-refractivity contribution in [1.29, 1.82) is 0 Å². The Hall–Kier alpha value is -2.10. The maximum absolute atomic E-state index is 12.3. The summed E-state index contributed by atoms with van der Waals surface area (Å²) in [5, 5.41) is 7.90. The molecule has 1 aromatic heterocycles. The molecule has 0 aliphatic heterocycles. The van der Waals surface area contributed by atoms with Gasteiger partial charge in [-0.3, -0.25) is 4.79 Å². The van der Waals surface area contributed by atoms with Crippen LogP contribution in [0.25, 0.3) is 10.8 Å². The summed E-state index contributed by atoms with van der Waals surface area (Å²) in [5.41, 5.74) is 0.628. The van der Waals surface area contributed by atoms with E-state index in [1.54, 1.807) is 6.20 Å². The van der Waals surface area contributed by atoms with Crippen molar-refractivity contribution >= 4 is 22.5 Å². The van der Waals surface area contributed by atoms with Crippen LogP contribution in [0.15, 0.2) is 30.5 Å². The molecule has 106 valence electrons. The first kappa shape index (κ1) is 14.3. The fraction of sp³-hybridized carbons (Fsp3) is 0.375. The second-order valence-corrected chi connectivity index (χ2v) is 5.25. The number of anilines is 1. The largest absolute Gasteiger partial charge is 0.373 e. The van der Waals surface area contributed by atoms with E-state index in [0.29, 0.717) is 18.0 Å². The Morgan fingerprint density at radius 2 is 1.95 bits per heavy atom. The molecule has 2 N–H and O–H groups in total. The van der Waals surface area contributed by atoms with Crippen molar-refractivity contribution in [3.8, 4) is 0 Å². The van der Waals surface area contributed by atoms with Crippen LogP contribution in [0.2, 0.25) is 0 Å². The molecule has 0 spiro atoms. The summed E-state index contributed by atoms with van der Waals surface area (Å²) in [5.74, 6) is 1.31. The van der Waals surface area contributed by atoms with E-state index in [9.17, 15) is 4.79 Å². The molecule has 4 heteroatoms. The van der Waals surface area contributed by atoms with E-state index in [4.69, 9.17) is 0 Å². The first-order chi connectivity index (χ1) is 9.63. The fourth-order valence-electron chi connectivity index (χ4n) is 2.14. The Morgan fingerprint density at radius 1 is 1.25 bits per heavy atom. The van der Waals surface area contributed by atoms with Gasteiger partial charge in [-0.1, -0.05) is 38.1 Å². The summed E-state index contributed by atoms with van der Waals surface area (Å²) in [6.07, 6.45) is 2.62. The number of aromatic nitrogens is 1. The van der Waals surface area contributed by atoms with Gasteiger partial charge < -0.3 is 10.6 Å². The molecule has 0 fully saturated rings. The van der Waals surface area contributed by atoms with Gasteiger partial charge in [0, 0.05) is 25.2 Å². The monoisotopic (exact) mass is 271 g/mol. The quantitative estimate of drug-likeness (QED) is 0.878. The second kappa shape index (κ2) is 6.37. The van der Waals surface area contributed by atoms with Crippen LogP contribution >= 0.6 is 0 Å². The highest BCUT2D eigenvalue weighted by Gasteiger charge is 2.12. The minimum absolute atomic E-state index is 0.0583. The van der Waals surface area contributed by atoms with E-state index < -0.39 is 0 Å². The predicted octanol–water partition coefficient (Wildman–Crippen LogP) is 3.05. The minimum atomic E-state index is -0.0583. The van der Waals surface area contributed by atoms with Crippen LogP contribution in [0.4, 0.5) is 5.82 Å². The molecule has 1 heterocycles. The summed E-state index contributed by atoms with van der Waals surface area (Å²) in [7, 11) is 1.83. The zero-order chi connectivity index (χ0) is 14.5. The molecule has 0 aliphatic rings. The van der Waals surface area contributed by atoms with Crippen LogP contribution < -0.4 is 10.6 Å². The lowest BCUT2D eigenvalue weighted by atomic mass is 10.1. The van der Waals surface area contributed by atoms with Crippen LogP contribution in [0, 0.1) is 5.92 Å². The molecule has 1 aromatic carbocycles. The number of benzene rings is 1. The predicted molar refractivity (Wildman–Crippen MR) is 83.1 cm³/mol. The minimum Gasteiger partial charge on any atom is -0.373 e. The number of nitrogens with zero attached hydrogens (tertiary/aromatic N) is 1. The van der Waals surface area contributed by atoms with Crippen LogP contribution in [0.3, 0.4) is 0 Å². The van der Waals surface area contributed by atoms with Crippen LogP contribution in [-0.4, -0.2) is 24.5 Å². The van der Waals surface area contributed by atoms with Gasteiger partial charge in [0.25, 0.3) is 5.91 Å². The molecule has 0 radical (unpaired) electrons. The van der Waals surface area contributed by atoms with E-state index in [0.717, 1.165) is 23.0 Å². The normalized spacial score (nSPS) is 10.8. The van der Waals surface area contributed by atoms with E-state index in [2.05, 4.69) is 29.5 Å². The number of carbonyl (C=O) groups is 1. The van der Waals surface area contributed by atoms with Crippen molar-refractivity contribution < 1.29 is 4.79 Å². The molecule has 2 rings (SSSR count). The van der Waals surface area contributed by atoms with Crippen LogP contribution in [0.1, 0.15) is 30.6 Å². The molecule has 0 saturated heterocycles. The molecule has 0 saturated carbocycles. The highest BCUT2D eigenvalue weighted by Crippen LogP contribution is 2.23. The van der Waals surface area contributed by atoms with Gasteiger partial charge in [0.05, 0.1) is 5.56 Å². The summed E-state index contributed by atoms with van der Waals surface area (Å²) < 4.78 is 0. The Morgan fingerprint density at radius 3 is 2.60 bits per heavy atom. The third kappa shape index (κ3) is 3.07. The number of carbonyl (C=O) groups excluding carboxylic acids is 1. The summed E-state index contributed by atoms with van der Waals surface area (Å²) >= 11 is 0. The topological polar surface area (TPSA) is 54.0 Å². The Bertz CT molecular complexity index is 608. The SMILES string of the molecule is CNc1ncc(C(=O)NCCC(C)C)c2ccccc12. The zero-order valence-electron chi connectivity index (χ0n) is 12.2. The van der Waals surface area contributed by atoms with Crippen molar-refractivity contribution in [3.63, 3.8) is 0 Å². The van der Waals surface area contributed by atoms with Crippen molar-refractivity contribution in [1.82, 2.24) is 10.3 Å². The lowest BCUT2D eigenvalue weighted by Gasteiger charge is -2.11. The zero-order valence-corrected chi connectivity index (χ0v) is 12.2. The summed E-state index contributed by atoms with van der Waals surface area (Å²) in [6, 6.07) is 7.81. The lowest BCUT2D eigenvalue weighted by Crippen LogP contribution is -2.25. The van der Waals surface area contributed by atoms with E-state index >= 15 is 0 Å². The third-order valence-electron chi connectivity index (χ3n) is 3.28. The maximum Gasteiger partial charge on any atom is 0.253 e. The molecule has 0 unspecified atom stereocenters. The lowest BCUT2D eigenvalue weighted by molar-refractivity contribution is 0.0953. The summed E-state index contributed by atoms with van der Waals surface area (Å²) in [4.78, 5) is 16.6. The number of fused-ring (bicyclic) bond motifs is 1. The van der Waals surface area contributed by atoms with E-state index in [1.165, 1.54) is 0 Å². The molecule has 0 aliphatic carbocycles. The fourth-order valence-corrected chi connectivity index (χ4v) is 2.14. The molecule has 4 nitrogen and oxygen atoms in total. The van der Waals surface area contributed by atoms with Crippen LogP contribution in [-0.2, 0) is 0 Å². The number of rotatable bonds is 5. The second-order valence-electron chi connectivity index (χ2n) is 5.25. The molecule has 20 heavy (non-hydrogen) atoms. The number of hydrogen-bond acceptors (Lipinski definition) is 3. The van der Waals surface area contributed by atoms with E-state index in [1.807, 2.05) is 31.3 Å². The number of pyridine rings is 1. The number of nitrogens with one attached hydrogen (secondary N) is 2. The number of amides is 1. The van der Waals surface area contributed by atoms with Crippen molar-refractivity contribution in [2.45, 2.75) is 20.3 Å². The first-order valence-corrected chi connectivity index (χ1v) is 6.97. The smallest absolute Gasteiger partial charge is 0.253 e. The van der Waals surface area contributed by atoms with Gasteiger partial charge in [-0.15, -0.1) is 0 Å². The first-order valence-electron chi connectivity index (χ1n) is 6.97. The van der Waals surface area contributed by atoms with Gasteiger partial charge >= 0.3 is 0 Å². The molecule has 0 bridgehead atoms.